The van der Waals surface area contributed by atoms with E-state index >= 15 is 0 Å². The Hall–Kier alpha value is -7.94. The third-order valence-corrected chi connectivity index (χ3v) is 11.7. The number of hydrogen-bond acceptors (Lipinski definition) is 2. The average Bonchev–Trinajstić information content (AvgIpc) is 3.72. The Bertz CT molecular complexity index is 3300. The first-order valence-corrected chi connectivity index (χ1v) is 20.5. The van der Waals surface area contributed by atoms with Crippen LogP contribution < -0.4 is 4.90 Å². The third-order valence-electron chi connectivity index (χ3n) is 11.7. The van der Waals surface area contributed by atoms with Crippen LogP contribution in [0.4, 0.5) is 17.1 Å². The molecular formula is C58H39NO. The molecule has 0 atom stereocenters. The second kappa shape index (κ2) is 15.1. The molecule has 60 heavy (non-hydrogen) atoms. The van der Waals surface area contributed by atoms with E-state index < -0.39 is 0 Å². The minimum Gasteiger partial charge on any atom is -0.454 e. The maximum atomic E-state index is 6.75. The molecule has 0 aliphatic rings. The molecule has 0 amide bonds. The molecule has 11 rings (SSSR count). The van der Waals surface area contributed by atoms with Gasteiger partial charge in [-0.1, -0.05) is 206 Å². The lowest BCUT2D eigenvalue weighted by Crippen LogP contribution is -2.11. The Morgan fingerprint density at radius 3 is 1.52 bits per heavy atom. The number of rotatable bonds is 8. The van der Waals surface area contributed by atoms with Crippen LogP contribution in [0.5, 0.6) is 0 Å². The quantitative estimate of drug-likeness (QED) is 0.153. The summed E-state index contributed by atoms with van der Waals surface area (Å²) in [5, 5.41) is 4.67. The van der Waals surface area contributed by atoms with Gasteiger partial charge in [0.1, 0.15) is 5.58 Å². The van der Waals surface area contributed by atoms with Crippen molar-refractivity contribution in [2.45, 2.75) is 0 Å². The predicted octanol–water partition coefficient (Wildman–Crippen LogP) is 16.5. The first-order valence-electron chi connectivity index (χ1n) is 20.5. The summed E-state index contributed by atoms with van der Waals surface area (Å²) in [6.07, 6.45) is 0. The molecule has 2 heteroatoms. The molecule has 0 aliphatic carbocycles. The van der Waals surface area contributed by atoms with Crippen LogP contribution in [0.3, 0.4) is 0 Å². The Balaban J connectivity index is 1.08. The molecule has 0 N–H and O–H groups in total. The van der Waals surface area contributed by atoms with Crippen LogP contribution >= 0.6 is 0 Å². The number of anilines is 3. The van der Waals surface area contributed by atoms with Gasteiger partial charge in [-0.3, -0.25) is 0 Å². The maximum Gasteiger partial charge on any atom is 0.159 e. The monoisotopic (exact) mass is 765 g/mol. The first kappa shape index (κ1) is 35.2. The summed E-state index contributed by atoms with van der Waals surface area (Å²) in [7, 11) is 0. The van der Waals surface area contributed by atoms with E-state index in [0.29, 0.717) is 0 Å². The molecule has 0 bridgehead atoms. The van der Waals surface area contributed by atoms with E-state index in [2.05, 4.69) is 235 Å². The van der Waals surface area contributed by atoms with Crippen LogP contribution in [0, 0.1) is 0 Å². The fraction of sp³-hybridized carbons (Fsp3) is 0. The Morgan fingerprint density at radius 1 is 0.267 bits per heavy atom. The highest BCUT2D eigenvalue weighted by Gasteiger charge is 2.23. The highest BCUT2D eigenvalue weighted by atomic mass is 16.3. The highest BCUT2D eigenvalue weighted by Crippen LogP contribution is 2.48. The molecule has 2 nitrogen and oxygen atoms in total. The van der Waals surface area contributed by atoms with E-state index in [4.69, 9.17) is 4.42 Å². The molecule has 0 spiro atoms. The van der Waals surface area contributed by atoms with Gasteiger partial charge in [0, 0.05) is 22.0 Å². The molecule has 0 saturated carbocycles. The van der Waals surface area contributed by atoms with Crippen LogP contribution in [-0.4, -0.2) is 0 Å². The largest absolute Gasteiger partial charge is 0.454 e. The molecule has 1 aromatic heterocycles. The van der Waals surface area contributed by atoms with Crippen molar-refractivity contribution in [2.75, 3.05) is 4.90 Å². The van der Waals surface area contributed by atoms with Crippen LogP contribution in [0.1, 0.15) is 0 Å². The van der Waals surface area contributed by atoms with Gasteiger partial charge in [0.25, 0.3) is 0 Å². The van der Waals surface area contributed by atoms with Gasteiger partial charge in [0.2, 0.25) is 0 Å². The zero-order valence-electron chi connectivity index (χ0n) is 32.9. The molecule has 0 aliphatic heterocycles. The normalized spacial score (nSPS) is 11.3. The van der Waals surface area contributed by atoms with Crippen LogP contribution in [0.25, 0.3) is 88.3 Å². The zero-order valence-corrected chi connectivity index (χ0v) is 32.9. The zero-order chi connectivity index (χ0) is 39.8. The van der Waals surface area contributed by atoms with Crippen molar-refractivity contribution in [2.24, 2.45) is 0 Å². The van der Waals surface area contributed by atoms with E-state index in [0.717, 1.165) is 50.1 Å². The van der Waals surface area contributed by atoms with Crippen LogP contribution in [0.2, 0.25) is 0 Å². The van der Waals surface area contributed by atoms with Crippen molar-refractivity contribution < 1.29 is 4.42 Å². The predicted molar refractivity (Wildman–Crippen MR) is 253 cm³/mol. The smallest absolute Gasteiger partial charge is 0.159 e. The van der Waals surface area contributed by atoms with Crippen LogP contribution in [-0.2, 0) is 0 Å². The topological polar surface area (TPSA) is 16.4 Å². The Labute approximate surface area is 349 Å². The summed E-state index contributed by atoms with van der Waals surface area (Å²) in [4.78, 5) is 2.37. The standard InChI is InChI=1S/C58H39NO/c1-2-16-40(17-3-1)41-32-34-43(35-33-41)48-21-6-7-22-49(48)50-23-8-9-24-51(50)52-25-10-12-29-55(52)59(56-30-15-28-54-53-26-11-13-31-57(53)60-58(54)56)45-38-36-44(37-39-45)47-27-14-19-42-18-4-5-20-46(42)47/h1-39H. The number of nitrogens with zero attached hydrogens (tertiary/aromatic N) is 1. The molecule has 10 aromatic carbocycles. The number of hydrogen-bond donors (Lipinski definition) is 0. The SMILES string of the molecule is c1ccc(-c2ccc(-c3ccccc3-c3ccccc3-c3ccccc3N(c3ccc(-c4cccc5ccccc45)cc3)c3cccc4c3oc3ccccc34)cc2)cc1. The van der Waals surface area contributed by atoms with Crippen molar-refractivity contribution in [3.8, 4) is 55.6 Å². The second-order valence-electron chi connectivity index (χ2n) is 15.2. The van der Waals surface area contributed by atoms with Crippen molar-refractivity contribution in [3.05, 3.63) is 237 Å². The van der Waals surface area contributed by atoms with Crippen molar-refractivity contribution in [3.63, 3.8) is 0 Å². The molecule has 282 valence electrons. The summed E-state index contributed by atoms with van der Waals surface area (Å²) < 4.78 is 6.75. The van der Waals surface area contributed by atoms with Gasteiger partial charge in [0.15, 0.2) is 5.58 Å². The van der Waals surface area contributed by atoms with Crippen molar-refractivity contribution in [1.29, 1.82) is 0 Å². The van der Waals surface area contributed by atoms with E-state index in [1.807, 2.05) is 6.07 Å². The lowest BCUT2D eigenvalue weighted by molar-refractivity contribution is 0.669. The average molecular weight is 766 g/mol. The molecule has 11 aromatic rings. The first-order chi connectivity index (χ1) is 29.8. The minimum atomic E-state index is 0.851. The lowest BCUT2D eigenvalue weighted by atomic mass is 9.88. The van der Waals surface area contributed by atoms with Gasteiger partial charge in [-0.05, 0) is 91.2 Å². The van der Waals surface area contributed by atoms with E-state index in [-0.39, 0.29) is 0 Å². The van der Waals surface area contributed by atoms with Gasteiger partial charge >= 0.3 is 0 Å². The van der Waals surface area contributed by atoms with Crippen LogP contribution in [0.15, 0.2) is 241 Å². The highest BCUT2D eigenvalue weighted by molar-refractivity contribution is 6.11. The molecule has 0 unspecified atom stereocenters. The lowest BCUT2D eigenvalue weighted by Gasteiger charge is -2.28. The maximum absolute atomic E-state index is 6.75. The number of para-hydroxylation sites is 3. The molecular weight excluding hydrogens is 727 g/mol. The summed E-state index contributed by atoms with van der Waals surface area (Å²) in [5.74, 6) is 0. The number of fused-ring (bicyclic) bond motifs is 4. The molecule has 0 fully saturated rings. The molecule has 0 saturated heterocycles. The van der Waals surface area contributed by atoms with Gasteiger partial charge in [-0.25, -0.2) is 0 Å². The fourth-order valence-corrected chi connectivity index (χ4v) is 8.88. The Kier molecular flexibility index (Phi) is 8.87. The van der Waals surface area contributed by atoms with Crippen molar-refractivity contribution in [1.82, 2.24) is 0 Å². The number of furan rings is 1. The van der Waals surface area contributed by atoms with E-state index in [1.54, 1.807) is 0 Å². The van der Waals surface area contributed by atoms with Gasteiger partial charge in [-0.2, -0.15) is 0 Å². The number of benzene rings is 10. The Morgan fingerprint density at radius 2 is 0.733 bits per heavy atom. The van der Waals surface area contributed by atoms with E-state index in [9.17, 15) is 0 Å². The minimum absolute atomic E-state index is 0.851. The van der Waals surface area contributed by atoms with Gasteiger partial charge in [0.05, 0.1) is 11.4 Å². The summed E-state index contributed by atoms with van der Waals surface area (Å²) >= 11 is 0. The molecule has 1 heterocycles. The third kappa shape index (κ3) is 6.23. The van der Waals surface area contributed by atoms with Gasteiger partial charge in [-0.15, -0.1) is 0 Å². The van der Waals surface area contributed by atoms with E-state index in [1.165, 1.54) is 55.3 Å². The molecule has 0 radical (unpaired) electrons. The summed E-state index contributed by atoms with van der Waals surface area (Å²) in [5.41, 5.74) is 16.6. The second-order valence-corrected chi connectivity index (χ2v) is 15.2. The van der Waals surface area contributed by atoms with Gasteiger partial charge < -0.3 is 9.32 Å². The fourth-order valence-electron chi connectivity index (χ4n) is 8.88. The summed E-state index contributed by atoms with van der Waals surface area (Å²) in [6.45, 7) is 0. The van der Waals surface area contributed by atoms with Crippen molar-refractivity contribution >= 4 is 49.8 Å². The summed E-state index contributed by atoms with van der Waals surface area (Å²) in [6, 6.07) is 84.8.